The van der Waals surface area contributed by atoms with Crippen LogP contribution in [-0.4, -0.2) is 9.55 Å². The number of fused-ring (bicyclic) bond motifs is 1. The maximum Gasteiger partial charge on any atom is 0.198 e. The first-order valence-electron chi connectivity index (χ1n) is 6.03. The molecule has 0 bridgehead atoms. The van der Waals surface area contributed by atoms with Crippen LogP contribution in [0.3, 0.4) is 0 Å². The van der Waals surface area contributed by atoms with Crippen molar-refractivity contribution >= 4 is 17.0 Å². The molecule has 6 heteroatoms. The van der Waals surface area contributed by atoms with E-state index < -0.39 is 0 Å². The van der Waals surface area contributed by atoms with E-state index >= 15 is 0 Å². The van der Waals surface area contributed by atoms with Crippen molar-refractivity contribution in [2.24, 2.45) is 5.11 Å². The normalized spacial score (nSPS) is 10.4. The summed E-state index contributed by atoms with van der Waals surface area (Å²) in [7, 11) is 0. The molecule has 20 heavy (non-hydrogen) atoms. The third-order valence-electron chi connectivity index (χ3n) is 3.02. The third-order valence-corrected chi connectivity index (χ3v) is 3.02. The predicted molar refractivity (Wildman–Crippen MR) is 74.0 cm³/mol. The molecule has 0 aliphatic carbocycles. The number of azide groups is 1. The van der Waals surface area contributed by atoms with Crippen molar-refractivity contribution in [3.63, 3.8) is 0 Å². The summed E-state index contributed by atoms with van der Waals surface area (Å²) >= 11 is 0. The number of nitrogens with zero attached hydrogens (tertiary/aromatic N) is 5. The Balaban J connectivity index is 2.11. The van der Waals surface area contributed by atoms with E-state index in [0.29, 0.717) is 12.5 Å². The van der Waals surface area contributed by atoms with Crippen LogP contribution in [0.25, 0.3) is 21.5 Å². The summed E-state index contributed by atoms with van der Waals surface area (Å²) in [5, 5.41) is 3.62. The summed E-state index contributed by atoms with van der Waals surface area (Å²) in [6.07, 6.45) is 0. The van der Waals surface area contributed by atoms with Gasteiger partial charge in [-0.2, -0.15) is 0 Å². The van der Waals surface area contributed by atoms with Crippen LogP contribution in [0.1, 0.15) is 5.56 Å². The molecule has 5 nitrogen and oxygen atoms in total. The Morgan fingerprint density at radius 1 is 1.15 bits per heavy atom. The van der Waals surface area contributed by atoms with Gasteiger partial charge in [-0.05, 0) is 40.5 Å². The molecule has 2 aromatic carbocycles. The Kier molecular flexibility index (Phi) is 3.07. The van der Waals surface area contributed by atoms with Gasteiger partial charge >= 0.3 is 0 Å². The summed E-state index contributed by atoms with van der Waals surface area (Å²) in [6, 6.07) is 13.7. The summed E-state index contributed by atoms with van der Waals surface area (Å²) in [4.78, 5) is 7.08. The predicted octanol–water partition coefficient (Wildman–Crippen LogP) is 4.17. The highest BCUT2D eigenvalue weighted by molar-refractivity contribution is 5.78. The quantitative estimate of drug-likeness (QED) is 0.399. The molecule has 0 amide bonds. The van der Waals surface area contributed by atoms with Crippen molar-refractivity contribution in [3.05, 3.63) is 70.4 Å². The van der Waals surface area contributed by atoms with Crippen LogP contribution in [0.5, 0.6) is 0 Å². The van der Waals surface area contributed by atoms with Crippen LogP contribution in [-0.2, 0) is 6.54 Å². The molecule has 1 heterocycles. The maximum atomic E-state index is 12.9. The molecular formula is C14H10FN5. The lowest BCUT2D eigenvalue weighted by Crippen LogP contribution is -1.99. The summed E-state index contributed by atoms with van der Waals surface area (Å²) in [5.41, 5.74) is 11.2. The van der Waals surface area contributed by atoms with Gasteiger partial charge < -0.3 is 4.57 Å². The topological polar surface area (TPSA) is 66.6 Å². The maximum absolute atomic E-state index is 12.9. The molecule has 0 fully saturated rings. The zero-order chi connectivity index (χ0) is 13.9. The Morgan fingerprint density at radius 3 is 2.65 bits per heavy atom. The van der Waals surface area contributed by atoms with Gasteiger partial charge in [-0.15, -0.1) is 0 Å². The lowest BCUT2D eigenvalue weighted by atomic mass is 10.2. The number of hydrogen-bond donors (Lipinski definition) is 0. The molecule has 1 aromatic heterocycles. The van der Waals surface area contributed by atoms with Crippen molar-refractivity contribution in [2.45, 2.75) is 6.54 Å². The Labute approximate surface area is 113 Å². The fourth-order valence-electron chi connectivity index (χ4n) is 2.11. The fourth-order valence-corrected chi connectivity index (χ4v) is 2.11. The molecule has 0 saturated heterocycles. The zero-order valence-electron chi connectivity index (χ0n) is 10.4. The molecule has 0 aliphatic rings. The molecule has 3 aromatic rings. The van der Waals surface area contributed by atoms with Crippen LogP contribution in [0, 0.1) is 5.82 Å². The Hall–Kier alpha value is -2.85. The molecule has 3 rings (SSSR count). The molecule has 0 saturated carbocycles. The third kappa shape index (κ3) is 2.20. The summed E-state index contributed by atoms with van der Waals surface area (Å²) in [5.74, 6) is 0.0255. The average Bonchev–Trinajstić information content (AvgIpc) is 2.80. The minimum atomic E-state index is -0.278. The first kappa shape index (κ1) is 12.2. The van der Waals surface area contributed by atoms with Gasteiger partial charge in [-0.1, -0.05) is 24.3 Å². The first-order valence-corrected chi connectivity index (χ1v) is 6.03. The highest BCUT2D eigenvalue weighted by Crippen LogP contribution is 2.23. The molecule has 0 radical (unpaired) electrons. The second-order valence-corrected chi connectivity index (χ2v) is 4.30. The molecule has 0 N–H and O–H groups in total. The summed E-state index contributed by atoms with van der Waals surface area (Å²) in [6.45, 7) is 0.467. The lowest BCUT2D eigenvalue weighted by Gasteiger charge is -2.06. The van der Waals surface area contributed by atoms with Gasteiger partial charge in [0.2, 0.25) is 0 Å². The van der Waals surface area contributed by atoms with Crippen LogP contribution in [0.4, 0.5) is 10.3 Å². The van der Waals surface area contributed by atoms with Crippen molar-refractivity contribution in [1.29, 1.82) is 0 Å². The van der Waals surface area contributed by atoms with Gasteiger partial charge in [-0.3, -0.25) is 0 Å². The van der Waals surface area contributed by atoms with Crippen molar-refractivity contribution < 1.29 is 4.39 Å². The first-order chi connectivity index (χ1) is 9.78. The highest BCUT2D eigenvalue weighted by Gasteiger charge is 2.09. The number of hydrogen-bond acceptors (Lipinski definition) is 2. The summed E-state index contributed by atoms with van der Waals surface area (Å²) < 4.78 is 14.7. The average molecular weight is 267 g/mol. The zero-order valence-corrected chi connectivity index (χ0v) is 10.4. The molecule has 0 atom stereocenters. The molecule has 0 aliphatic heterocycles. The van der Waals surface area contributed by atoms with Gasteiger partial charge in [0.15, 0.2) is 5.95 Å². The van der Waals surface area contributed by atoms with Crippen molar-refractivity contribution in [3.8, 4) is 0 Å². The smallest absolute Gasteiger partial charge is 0.198 e. The van der Waals surface area contributed by atoms with E-state index in [1.54, 1.807) is 12.1 Å². The largest absolute Gasteiger partial charge is 0.318 e. The molecule has 98 valence electrons. The molecule has 0 spiro atoms. The van der Waals surface area contributed by atoms with Crippen LogP contribution >= 0.6 is 0 Å². The van der Waals surface area contributed by atoms with Gasteiger partial charge in [0.1, 0.15) is 5.82 Å². The van der Waals surface area contributed by atoms with Gasteiger partial charge in [0.25, 0.3) is 0 Å². The SMILES string of the molecule is [N-]=[N+]=Nc1nc2ccccc2n1Cc1ccc(F)cc1. The van der Waals surface area contributed by atoms with E-state index in [-0.39, 0.29) is 5.82 Å². The van der Waals surface area contributed by atoms with Crippen molar-refractivity contribution in [2.75, 3.05) is 0 Å². The Morgan fingerprint density at radius 2 is 1.90 bits per heavy atom. The fraction of sp³-hybridized carbons (Fsp3) is 0.0714. The van der Waals surface area contributed by atoms with Crippen molar-refractivity contribution in [1.82, 2.24) is 9.55 Å². The number of aromatic nitrogens is 2. The number of imidazole rings is 1. The second kappa shape index (κ2) is 5.03. The van der Waals surface area contributed by atoms with Crippen LogP contribution < -0.4 is 0 Å². The number of para-hydroxylation sites is 2. The van der Waals surface area contributed by atoms with E-state index in [0.717, 1.165) is 16.6 Å². The number of benzene rings is 2. The van der Waals surface area contributed by atoms with E-state index in [1.165, 1.54) is 12.1 Å². The van der Waals surface area contributed by atoms with E-state index in [2.05, 4.69) is 15.0 Å². The highest BCUT2D eigenvalue weighted by atomic mass is 19.1. The number of rotatable bonds is 3. The monoisotopic (exact) mass is 267 g/mol. The molecular weight excluding hydrogens is 257 g/mol. The molecule has 0 unspecified atom stereocenters. The van der Waals surface area contributed by atoms with Gasteiger partial charge in [-0.25, -0.2) is 9.37 Å². The Bertz CT molecular complexity index is 800. The van der Waals surface area contributed by atoms with E-state index in [1.807, 2.05) is 28.8 Å². The lowest BCUT2D eigenvalue weighted by molar-refractivity contribution is 0.626. The number of halogens is 1. The van der Waals surface area contributed by atoms with Gasteiger partial charge in [0, 0.05) is 11.5 Å². The minimum Gasteiger partial charge on any atom is -0.318 e. The second-order valence-electron chi connectivity index (χ2n) is 4.30. The van der Waals surface area contributed by atoms with Crippen LogP contribution in [0.2, 0.25) is 0 Å². The van der Waals surface area contributed by atoms with Crippen LogP contribution in [0.15, 0.2) is 53.6 Å². The van der Waals surface area contributed by atoms with E-state index in [9.17, 15) is 4.39 Å². The van der Waals surface area contributed by atoms with Gasteiger partial charge in [0.05, 0.1) is 11.0 Å². The standard InChI is InChI=1S/C14H10FN5/c15-11-7-5-10(6-8-11)9-20-13-4-2-1-3-12(13)17-14(20)18-19-16/h1-8H,9H2. The minimum absolute atomic E-state index is 0.278. The van der Waals surface area contributed by atoms with E-state index in [4.69, 9.17) is 5.53 Å².